The number of anilines is 1. The van der Waals surface area contributed by atoms with Crippen LogP contribution in [-0.4, -0.2) is 29.3 Å². The summed E-state index contributed by atoms with van der Waals surface area (Å²) in [6.07, 6.45) is 0. The molecule has 0 aromatic heterocycles. The maximum Gasteiger partial charge on any atom is 0.340 e. The van der Waals surface area contributed by atoms with Gasteiger partial charge < -0.3 is 30.3 Å². The quantitative estimate of drug-likeness (QED) is 0.462. The first-order valence-corrected chi connectivity index (χ1v) is 9.14. The number of carbonyl (C=O) groups is 2. The van der Waals surface area contributed by atoms with E-state index in [1.807, 2.05) is 0 Å². The third-order valence-corrected chi connectivity index (χ3v) is 5.26. The van der Waals surface area contributed by atoms with Crippen LogP contribution < -0.4 is 15.4 Å². The first kappa shape index (κ1) is 17.9. The maximum atomic E-state index is 12.9. The summed E-state index contributed by atoms with van der Waals surface area (Å²) >= 11 is 0. The lowest BCUT2D eigenvalue weighted by atomic mass is 9.77. The Balaban J connectivity index is 1.76. The minimum absolute atomic E-state index is 0.0119. The van der Waals surface area contributed by atoms with Crippen LogP contribution in [0, 0.1) is 0 Å². The lowest BCUT2D eigenvalue weighted by molar-refractivity contribution is 0.0224. The molecule has 0 atom stereocenters. The van der Waals surface area contributed by atoms with Crippen molar-refractivity contribution in [3.8, 4) is 23.0 Å². The Labute approximate surface area is 170 Å². The first-order valence-electron chi connectivity index (χ1n) is 9.14. The second kappa shape index (κ2) is 6.15. The van der Waals surface area contributed by atoms with Gasteiger partial charge in [-0.3, -0.25) is 0 Å². The van der Waals surface area contributed by atoms with Gasteiger partial charge in [0.1, 0.15) is 23.0 Å². The Morgan fingerprint density at radius 1 is 0.900 bits per heavy atom. The van der Waals surface area contributed by atoms with Crippen molar-refractivity contribution in [2.75, 3.05) is 12.4 Å². The average molecular weight is 404 g/mol. The van der Waals surface area contributed by atoms with E-state index in [-0.39, 0.29) is 11.5 Å². The molecule has 3 aromatic rings. The van der Waals surface area contributed by atoms with Crippen molar-refractivity contribution < 1.29 is 29.3 Å². The van der Waals surface area contributed by atoms with E-state index in [0.29, 0.717) is 39.4 Å². The summed E-state index contributed by atoms with van der Waals surface area (Å²) < 4.78 is 11.9. The number of phenolic OH excluding ortho intramolecular Hbond substituents is 2. The number of phenols is 2. The Morgan fingerprint density at radius 2 is 1.50 bits per heavy atom. The Hall–Kier alpha value is -4.20. The number of fused-ring (bicyclic) bond motifs is 6. The summed E-state index contributed by atoms with van der Waals surface area (Å²) in [5.74, 6) is 0.0254. The van der Waals surface area contributed by atoms with Crippen LogP contribution in [-0.2, 0) is 10.3 Å². The molecule has 150 valence electrons. The van der Waals surface area contributed by atoms with E-state index >= 15 is 0 Å². The molecule has 0 fully saturated rings. The number of rotatable bonds is 1. The third kappa shape index (κ3) is 2.40. The zero-order valence-corrected chi connectivity index (χ0v) is 15.7. The number of esters is 1. The number of carbonyl (C=O) groups excluding carboxylic acids is 2. The second-order valence-corrected chi connectivity index (χ2v) is 7.00. The molecule has 0 aliphatic carbocycles. The molecule has 2 aliphatic heterocycles. The van der Waals surface area contributed by atoms with Crippen LogP contribution in [0.1, 0.15) is 27.0 Å². The Bertz CT molecular complexity index is 1180. The fourth-order valence-corrected chi connectivity index (χ4v) is 3.98. The van der Waals surface area contributed by atoms with Gasteiger partial charge in [-0.25, -0.2) is 9.59 Å². The summed E-state index contributed by atoms with van der Waals surface area (Å²) in [4.78, 5) is 24.6. The summed E-state index contributed by atoms with van der Waals surface area (Å²) in [5.41, 5.74) is 1.06. The Kier molecular flexibility index (Phi) is 3.66. The molecular formula is C22H16N2O6. The molecule has 5 rings (SSSR count). The monoisotopic (exact) mass is 404 g/mol. The first-order chi connectivity index (χ1) is 14.4. The molecule has 0 radical (unpaired) electrons. The highest BCUT2D eigenvalue weighted by Crippen LogP contribution is 2.57. The minimum Gasteiger partial charge on any atom is -0.508 e. The van der Waals surface area contributed by atoms with Gasteiger partial charge in [0.2, 0.25) is 0 Å². The zero-order valence-electron chi connectivity index (χ0n) is 15.7. The SMILES string of the molecule is CNC(=O)Nc1ccc2c(c1)C(=O)OC21c2ccc(O)cc2Oc2cc(O)ccc21. The predicted molar refractivity (Wildman–Crippen MR) is 106 cm³/mol. The highest BCUT2D eigenvalue weighted by Gasteiger charge is 2.53. The number of amides is 2. The molecule has 8 heteroatoms. The third-order valence-electron chi connectivity index (χ3n) is 5.26. The van der Waals surface area contributed by atoms with Gasteiger partial charge in [0.15, 0.2) is 5.60 Å². The number of nitrogens with one attached hydrogen (secondary N) is 2. The summed E-state index contributed by atoms with van der Waals surface area (Å²) in [6, 6.07) is 13.6. The normalized spacial score (nSPS) is 14.8. The van der Waals surface area contributed by atoms with Gasteiger partial charge in [-0.15, -0.1) is 0 Å². The number of hydrogen-bond acceptors (Lipinski definition) is 6. The fourth-order valence-electron chi connectivity index (χ4n) is 3.98. The number of urea groups is 1. The number of aromatic hydroxyl groups is 2. The van der Waals surface area contributed by atoms with Crippen LogP contribution in [0.25, 0.3) is 0 Å². The molecule has 0 saturated carbocycles. The molecule has 2 amide bonds. The van der Waals surface area contributed by atoms with Crippen LogP contribution in [0.2, 0.25) is 0 Å². The lowest BCUT2D eigenvalue weighted by Crippen LogP contribution is -2.32. The van der Waals surface area contributed by atoms with Crippen LogP contribution in [0.3, 0.4) is 0 Å². The van der Waals surface area contributed by atoms with Crippen molar-refractivity contribution in [3.63, 3.8) is 0 Å². The highest BCUT2D eigenvalue weighted by atomic mass is 16.6. The van der Waals surface area contributed by atoms with Crippen LogP contribution in [0.15, 0.2) is 54.6 Å². The fraction of sp³-hybridized carbons (Fsp3) is 0.0909. The van der Waals surface area contributed by atoms with Crippen molar-refractivity contribution in [1.29, 1.82) is 0 Å². The molecule has 2 heterocycles. The van der Waals surface area contributed by atoms with Gasteiger partial charge in [0.25, 0.3) is 0 Å². The van der Waals surface area contributed by atoms with Crippen LogP contribution in [0.5, 0.6) is 23.0 Å². The van der Waals surface area contributed by atoms with E-state index < -0.39 is 17.6 Å². The highest BCUT2D eigenvalue weighted by molar-refractivity contribution is 5.99. The molecule has 0 unspecified atom stereocenters. The topological polar surface area (TPSA) is 117 Å². The molecule has 2 aliphatic rings. The number of benzene rings is 3. The van der Waals surface area contributed by atoms with Gasteiger partial charge in [0, 0.05) is 41.6 Å². The maximum absolute atomic E-state index is 12.9. The van der Waals surface area contributed by atoms with Crippen molar-refractivity contribution in [2.24, 2.45) is 0 Å². The summed E-state index contributed by atoms with van der Waals surface area (Å²) in [6.45, 7) is 0. The van der Waals surface area contributed by atoms with Crippen LogP contribution in [0.4, 0.5) is 10.5 Å². The predicted octanol–water partition coefficient (Wildman–Crippen LogP) is 3.42. The molecule has 4 N–H and O–H groups in total. The molecule has 3 aromatic carbocycles. The molecule has 0 saturated heterocycles. The van der Waals surface area contributed by atoms with Crippen LogP contribution >= 0.6 is 0 Å². The smallest absolute Gasteiger partial charge is 0.340 e. The standard InChI is InChI=1S/C22H16N2O6/c1-23-21(28)24-11-2-5-15-14(8-11)20(27)30-22(15)16-6-3-12(25)9-18(16)29-19-10-13(26)4-7-17(19)22/h2-10,25-26H,1H3,(H2,23,24,28). The van der Waals surface area contributed by atoms with Gasteiger partial charge in [-0.05, 0) is 36.4 Å². The van der Waals surface area contributed by atoms with Gasteiger partial charge >= 0.3 is 12.0 Å². The van der Waals surface area contributed by atoms with E-state index in [9.17, 15) is 19.8 Å². The second-order valence-electron chi connectivity index (χ2n) is 7.00. The lowest BCUT2D eigenvalue weighted by Gasteiger charge is -2.36. The average Bonchev–Trinajstić information content (AvgIpc) is 3.00. The van der Waals surface area contributed by atoms with E-state index in [2.05, 4.69) is 10.6 Å². The van der Waals surface area contributed by atoms with Gasteiger partial charge in [-0.1, -0.05) is 6.07 Å². The summed E-state index contributed by atoms with van der Waals surface area (Å²) in [7, 11) is 1.49. The van der Waals surface area contributed by atoms with E-state index in [1.54, 1.807) is 30.3 Å². The van der Waals surface area contributed by atoms with E-state index in [1.165, 1.54) is 31.3 Å². The molecule has 1 spiro atoms. The van der Waals surface area contributed by atoms with Gasteiger partial charge in [0.05, 0.1) is 5.56 Å². The molecular weight excluding hydrogens is 388 g/mol. The van der Waals surface area contributed by atoms with E-state index in [0.717, 1.165) is 0 Å². The van der Waals surface area contributed by atoms with Crippen molar-refractivity contribution >= 4 is 17.7 Å². The van der Waals surface area contributed by atoms with Gasteiger partial charge in [-0.2, -0.15) is 0 Å². The largest absolute Gasteiger partial charge is 0.508 e. The van der Waals surface area contributed by atoms with Crippen molar-refractivity contribution in [2.45, 2.75) is 5.60 Å². The molecule has 0 bridgehead atoms. The molecule has 30 heavy (non-hydrogen) atoms. The van der Waals surface area contributed by atoms with Crippen molar-refractivity contribution in [3.05, 3.63) is 76.9 Å². The van der Waals surface area contributed by atoms with Crippen molar-refractivity contribution in [1.82, 2.24) is 5.32 Å². The Morgan fingerprint density at radius 3 is 2.10 bits per heavy atom. The summed E-state index contributed by atoms with van der Waals surface area (Å²) in [5, 5.41) is 25.0. The van der Waals surface area contributed by atoms with E-state index in [4.69, 9.17) is 9.47 Å². The molecule has 8 nitrogen and oxygen atoms in total. The zero-order chi connectivity index (χ0) is 21.0. The number of ether oxygens (including phenoxy) is 2. The number of hydrogen-bond donors (Lipinski definition) is 4. The minimum atomic E-state index is -1.32.